The highest BCUT2D eigenvalue weighted by atomic mass is 19.1. The zero-order valence-corrected chi connectivity index (χ0v) is 20.2. The third kappa shape index (κ3) is 5.24. The van der Waals surface area contributed by atoms with E-state index in [1.165, 1.54) is 12.3 Å². The molecule has 2 aliphatic rings. The molecule has 1 aliphatic heterocycles. The Kier molecular flexibility index (Phi) is 6.66. The van der Waals surface area contributed by atoms with Gasteiger partial charge in [-0.15, -0.1) is 0 Å². The summed E-state index contributed by atoms with van der Waals surface area (Å²) >= 11 is 0. The van der Waals surface area contributed by atoms with Gasteiger partial charge in [0.1, 0.15) is 17.0 Å². The number of halogens is 1. The van der Waals surface area contributed by atoms with E-state index in [9.17, 15) is 14.4 Å². The molecule has 34 heavy (non-hydrogen) atoms. The summed E-state index contributed by atoms with van der Waals surface area (Å²) in [6, 6.07) is 3.08. The highest BCUT2D eigenvalue weighted by Gasteiger charge is 2.29. The molecule has 0 amide bonds. The van der Waals surface area contributed by atoms with Gasteiger partial charge in [0.2, 0.25) is 5.43 Å². The van der Waals surface area contributed by atoms with Crippen molar-refractivity contribution in [2.45, 2.75) is 52.2 Å². The van der Waals surface area contributed by atoms with E-state index in [-0.39, 0.29) is 17.0 Å². The molecule has 0 unspecified atom stereocenters. The summed E-state index contributed by atoms with van der Waals surface area (Å²) in [7, 11) is 0. The van der Waals surface area contributed by atoms with Gasteiger partial charge in [0.15, 0.2) is 6.61 Å². The van der Waals surface area contributed by atoms with Crippen molar-refractivity contribution in [2.24, 2.45) is 0 Å². The van der Waals surface area contributed by atoms with Crippen molar-refractivity contribution in [2.75, 3.05) is 44.2 Å². The zero-order valence-electron chi connectivity index (χ0n) is 20.2. The van der Waals surface area contributed by atoms with E-state index in [0.717, 1.165) is 32.5 Å². The summed E-state index contributed by atoms with van der Waals surface area (Å²) in [5.74, 6) is -2.12. The van der Waals surface area contributed by atoms with Crippen LogP contribution in [0.3, 0.4) is 0 Å². The molecular weight excluding hydrogens is 441 g/mol. The topological polar surface area (TPSA) is 81.1 Å². The fraction of sp³-hybridized carbons (Fsp3) is 0.560. The highest BCUT2D eigenvalue weighted by Crippen LogP contribution is 2.38. The average molecular weight is 474 g/mol. The van der Waals surface area contributed by atoms with Gasteiger partial charge in [-0.1, -0.05) is 6.92 Å². The molecule has 2 aromatic rings. The number of aromatic nitrogens is 1. The van der Waals surface area contributed by atoms with E-state index in [0.29, 0.717) is 24.3 Å². The normalized spacial score (nSPS) is 17.1. The van der Waals surface area contributed by atoms with Gasteiger partial charge in [-0.2, -0.15) is 0 Å². The molecule has 0 spiro atoms. The van der Waals surface area contributed by atoms with Gasteiger partial charge in [0.25, 0.3) is 0 Å². The predicted octanol–water partition coefficient (Wildman–Crippen LogP) is 3.12. The fourth-order valence-electron chi connectivity index (χ4n) is 4.28. The maximum atomic E-state index is 15.2. The number of hydrogen-bond donors (Lipinski definition) is 0. The summed E-state index contributed by atoms with van der Waals surface area (Å²) in [5.41, 5.74) is -0.472. The largest absolute Gasteiger partial charge is 0.457 e. The van der Waals surface area contributed by atoms with Crippen molar-refractivity contribution in [1.29, 1.82) is 0 Å². The lowest BCUT2D eigenvalue weighted by atomic mass is 10.1. The van der Waals surface area contributed by atoms with E-state index in [2.05, 4.69) is 11.8 Å². The van der Waals surface area contributed by atoms with Gasteiger partial charge in [-0.25, -0.2) is 14.0 Å². The first kappa shape index (κ1) is 24.2. The van der Waals surface area contributed by atoms with Crippen LogP contribution in [0.4, 0.5) is 10.1 Å². The molecule has 0 atom stereocenters. The van der Waals surface area contributed by atoms with Crippen molar-refractivity contribution in [3.63, 3.8) is 0 Å². The number of pyridine rings is 1. The minimum atomic E-state index is -0.924. The SMILES string of the molecule is CCN1CCN(c2cc3c(cc2F)c(=O)c(C(=O)OCC(=O)OC(C)(C)C)cn3C2CC2)CC1. The van der Waals surface area contributed by atoms with Crippen LogP contribution < -0.4 is 10.3 Å². The number of carbonyl (C=O) groups is 2. The summed E-state index contributed by atoms with van der Waals surface area (Å²) in [4.78, 5) is 42.1. The molecule has 8 nitrogen and oxygen atoms in total. The molecule has 0 N–H and O–H groups in total. The number of likely N-dealkylation sites (N-methyl/N-ethyl adjacent to an activating group) is 1. The molecule has 1 saturated carbocycles. The lowest BCUT2D eigenvalue weighted by molar-refractivity contribution is -0.158. The maximum absolute atomic E-state index is 15.2. The Labute approximate surface area is 198 Å². The monoisotopic (exact) mass is 473 g/mol. The van der Waals surface area contributed by atoms with Crippen LogP contribution in [0.15, 0.2) is 23.1 Å². The minimum absolute atomic E-state index is 0.132. The quantitative estimate of drug-likeness (QED) is 0.597. The number of esters is 2. The molecule has 1 saturated heterocycles. The van der Waals surface area contributed by atoms with E-state index in [1.54, 1.807) is 26.8 Å². The smallest absolute Gasteiger partial charge is 0.344 e. The number of anilines is 1. The number of nitrogens with zero attached hydrogens (tertiary/aromatic N) is 3. The Hall–Kier alpha value is -2.94. The zero-order chi connectivity index (χ0) is 24.6. The predicted molar refractivity (Wildman–Crippen MR) is 127 cm³/mol. The lowest BCUT2D eigenvalue weighted by Gasteiger charge is -2.35. The second-order valence-corrected chi connectivity index (χ2v) is 9.91. The van der Waals surface area contributed by atoms with E-state index in [1.807, 2.05) is 9.47 Å². The van der Waals surface area contributed by atoms with E-state index in [4.69, 9.17) is 9.47 Å². The number of hydrogen-bond acceptors (Lipinski definition) is 7. The molecular formula is C25H32FN3O5. The number of benzene rings is 1. The van der Waals surface area contributed by atoms with Crippen molar-refractivity contribution < 1.29 is 23.5 Å². The van der Waals surface area contributed by atoms with Crippen LogP contribution in [0.1, 0.15) is 56.9 Å². The molecule has 0 radical (unpaired) electrons. The Morgan fingerprint density at radius 1 is 1.12 bits per heavy atom. The minimum Gasteiger partial charge on any atom is -0.457 e. The summed E-state index contributed by atoms with van der Waals surface area (Å²) < 4.78 is 27.2. The van der Waals surface area contributed by atoms with Crippen LogP contribution in [-0.2, 0) is 14.3 Å². The molecule has 4 rings (SSSR count). The van der Waals surface area contributed by atoms with E-state index >= 15 is 4.39 Å². The standard InChI is InChI=1S/C25H32FN3O5/c1-5-27-8-10-28(11-9-27)21-13-20-17(12-19(21)26)23(31)18(14-29(20)16-6-7-16)24(32)33-15-22(30)34-25(2,3)4/h12-14,16H,5-11,15H2,1-4H3. The average Bonchev–Trinajstić information content (AvgIpc) is 3.62. The molecule has 0 bridgehead atoms. The first-order valence-corrected chi connectivity index (χ1v) is 11.8. The number of piperazine rings is 1. The second kappa shape index (κ2) is 9.37. The maximum Gasteiger partial charge on any atom is 0.344 e. The molecule has 1 aromatic heterocycles. The van der Waals surface area contributed by atoms with Gasteiger partial charge in [-0.05, 0) is 52.3 Å². The number of carbonyl (C=O) groups excluding carboxylic acids is 2. The molecule has 2 heterocycles. The number of ether oxygens (including phenoxy) is 2. The third-order valence-electron chi connectivity index (χ3n) is 6.16. The van der Waals surface area contributed by atoms with Crippen LogP contribution >= 0.6 is 0 Å². The van der Waals surface area contributed by atoms with Crippen molar-refractivity contribution in [1.82, 2.24) is 9.47 Å². The van der Waals surface area contributed by atoms with Gasteiger partial charge in [0, 0.05) is 43.8 Å². The van der Waals surface area contributed by atoms with Crippen LogP contribution in [0.25, 0.3) is 10.9 Å². The van der Waals surface area contributed by atoms with Crippen LogP contribution in [0.2, 0.25) is 0 Å². The van der Waals surface area contributed by atoms with Crippen LogP contribution in [0.5, 0.6) is 0 Å². The first-order valence-electron chi connectivity index (χ1n) is 11.8. The lowest BCUT2D eigenvalue weighted by Crippen LogP contribution is -2.46. The molecule has 1 aromatic carbocycles. The van der Waals surface area contributed by atoms with Gasteiger partial charge in [0.05, 0.1) is 11.2 Å². The number of rotatable bonds is 6. The second-order valence-electron chi connectivity index (χ2n) is 9.91. The Bertz CT molecular complexity index is 1160. The number of fused-ring (bicyclic) bond motifs is 1. The third-order valence-corrected chi connectivity index (χ3v) is 6.16. The summed E-state index contributed by atoms with van der Waals surface area (Å²) in [5, 5.41) is 0.132. The first-order chi connectivity index (χ1) is 16.1. The van der Waals surface area contributed by atoms with Gasteiger partial charge < -0.3 is 23.8 Å². The van der Waals surface area contributed by atoms with Gasteiger partial charge >= 0.3 is 11.9 Å². The summed E-state index contributed by atoms with van der Waals surface area (Å²) in [6.07, 6.45) is 3.30. The molecule has 184 valence electrons. The fourth-order valence-corrected chi connectivity index (χ4v) is 4.28. The van der Waals surface area contributed by atoms with Crippen LogP contribution in [0, 0.1) is 5.82 Å². The molecule has 2 fully saturated rings. The van der Waals surface area contributed by atoms with Crippen molar-refractivity contribution in [3.05, 3.63) is 39.9 Å². The van der Waals surface area contributed by atoms with Crippen LogP contribution in [-0.4, -0.2) is 66.3 Å². The Morgan fingerprint density at radius 2 is 1.79 bits per heavy atom. The van der Waals surface area contributed by atoms with Crippen molar-refractivity contribution in [3.8, 4) is 0 Å². The van der Waals surface area contributed by atoms with E-state index < -0.39 is 35.4 Å². The Morgan fingerprint density at radius 3 is 2.38 bits per heavy atom. The van der Waals surface area contributed by atoms with Gasteiger partial charge in [-0.3, -0.25) is 4.79 Å². The summed E-state index contributed by atoms with van der Waals surface area (Å²) in [6.45, 7) is 10.7. The van der Waals surface area contributed by atoms with Crippen molar-refractivity contribution >= 4 is 28.5 Å². The molecule has 9 heteroatoms. The molecule has 1 aliphatic carbocycles. The highest BCUT2D eigenvalue weighted by molar-refractivity contribution is 5.95. The Balaban J connectivity index is 1.64.